The van der Waals surface area contributed by atoms with E-state index in [1.165, 1.54) is 5.56 Å². The van der Waals surface area contributed by atoms with Gasteiger partial charge < -0.3 is 24.8 Å². The molecule has 1 unspecified atom stereocenters. The fourth-order valence-corrected chi connectivity index (χ4v) is 5.37. The second-order valence-corrected chi connectivity index (χ2v) is 10.8. The van der Waals surface area contributed by atoms with Gasteiger partial charge in [-0.05, 0) is 111 Å². The van der Waals surface area contributed by atoms with Crippen LogP contribution in [0.3, 0.4) is 0 Å². The number of ether oxygens (including phenoxy) is 2. The summed E-state index contributed by atoms with van der Waals surface area (Å²) >= 11 is 0. The molecule has 0 saturated heterocycles. The molecule has 210 valence electrons. The van der Waals surface area contributed by atoms with Crippen LogP contribution in [0.5, 0.6) is 17.2 Å². The van der Waals surface area contributed by atoms with Crippen molar-refractivity contribution in [1.29, 1.82) is 0 Å². The fraction of sp³-hybridized carbons (Fsp3) is 0.424. The van der Waals surface area contributed by atoms with Gasteiger partial charge in [-0.15, -0.1) is 0 Å². The highest BCUT2D eigenvalue weighted by molar-refractivity contribution is 5.99. The molecule has 1 amide bonds. The van der Waals surface area contributed by atoms with Gasteiger partial charge in [-0.1, -0.05) is 38.1 Å². The average Bonchev–Trinajstić information content (AvgIpc) is 2.91. The number of amides is 1. The van der Waals surface area contributed by atoms with E-state index in [9.17, 15) is 9.90 Å². The number of carbonyl (C=O) groups is 1. The Hall–Kier alpha value is -3.51. The van der Waals surface area contributed by atoms with Crippen LogP contribution in [0.2, 0.25) is 0 Å². The van der Waals surface area contributed by atoms with Crippen molar-refractivity contribution >= 4 is 11.6 Å². The number of aryl methyl sites for hydroxylation is 2. The van der Waals surface area contributed by atoms with Crippen LogP contribution in [-0.4, -0.2) is 50.3 Å². The third-order valence-corrected chi connectivity index (χ3v) is 7.78. The van der Waals surface area contributed by atoms with Gasteiger partial charge in [-0.3, -0.25) is 4.79 Å². The second-order valence-electron chi connectivity index (χ2n) is 10.8. The van der Waals surface area contributed by atoms with E-state index in [4.69, 9.17) is 9.47 Å². The van der Waals surface area contributed by atoms with Crippen molar-refractivity contribution in [2.75, 3.05) is 39.7 Å². The first-order valence-electron chi connectivity index (χ1n) is 13.7. The van der Waals surface area contributed by atoms with Gasteiger partial charge in [0.1, 0.15) is 17.2 Å². The molecule has 0 heterocycles. The van der Waals surface area contributed by atoms with Gasteiger partial charge in [0.05, 0.1) is 19.6 Å². The van der Waals surface area contributed by atoms with Crippen LogP contribution in [0.4, 0.5) is 5.69 Å². The first kappa shape index (κ1) is 30.0. The fourth-order valence-electron chi connectivity index (χ4n) is 5.37. The van der Waals surface area contributed by atoms with E-state index >= 15 is 0 Å². The van der Waals surface area contributed by atoms with Gasteiger partial charge in [-0.2, -0.15) is 0 Å². The van der Waals surface area contributed by atoms with E-state index in [0.29, 0.717) is 12.1 Å². The van der Waals surface area contributed by atoms with Crippen molar-refractivity contribution in [2.24, 2.45) is 5.92 Å². The highest BCUT2D eigenvalue weighted by Gasteiger charge is 2.43. The number of nitrogens with zero attached hydrogens (tertiary/aromatic N) is 1. The number of methoxy groups -OCH3 is 2. The first-order valence-corrected chi connectivity index (χ1v) is 13.7. The molecule has 0 aromatic heterocycles. The number of carbonyl (C=O) groups excluding carboxylic acids is 1. The first-order chi connectivity index (χ1) is 18.6. The molecular formula is C33H44N2O4. The monoisotopic (exact) mass is 532 g/mol. The van der Waals surface area contributed by atoms with E-state index in [0.717, 1.165) is 54.1 Å². The van der Waals surface area contributed by atoms with Gasteiger partial charge in [0, 0.05) is 12.2 Å². The lowest BCUT2D eigenvalue weighted by Crippen LogP contribution is -2.45. The molecular weight excluding hydrogens is 488 g/mol. The molecule has 0 aliphatic heterocycles. The molecule has 3 aromatic carbocycles. The Balaban J connectivity index is 1.78. The summed E-state index contributed by atoms with van der Waals surface area (Å²) < 4.78 is 10.9. The smallest absolute Gasteiger partial charge is 0.235 e. The van der Waals surface area contributed by atoms with E-state index in [-0.39, 0.29) is 17.6 Å². The summed E-state index contributed by atoms with van der Waals surface area (Å²) in [5.74, 6) is 1.90. The zero-order valence-corrected chi connectivity index (χ0v) is 24.5. The largest absolute Gasteiger partial charge is 0.508 e. The number of aromatic hydroxyl groups is 1. The summed E-state index contributed by atoms with van der Waals surface area (Å²) in [6.45, 7) is 10.1. The predicted molar refractivity (Wildman–Crippen MR) is 159 cm³/mol. The van der Waals surface area contributed by atoms with Gasteiger partial charge in [0.15, 0.2) is 0 Å². The number of hydrogen-bond acceptors (Lipinski definition) is 5. The number of nitrogens with one attached hydrogen (secondary N) is 1. The van der Waals surface area contributed by atoms with Crippen LogP contribution >= 0.6 is 0 Å². The topological polar surface area (TPSA) is 71.0 Å². The molecule has 3 aromatic rings. The molecule has 0 spiro atoms. The van der Waals surface area contributed by atoms with Crippen LogP contribution in [0, 0.1) is 19.8 Å². The molecule has 0 radical (unpaired) electrons. The maximum Gasteiger partial charge on any atom is 0.235 e. The molecule has 0 saturated carbocycles. The van der Waals surface area contributed by atoms with Crippen LogP contribution in [-0.2, 0) is 16.6 Å². The Bertz CT molecular complexity index is 1240. The van der Waals surface area contributed by atoms with Crippen LogP contribution < -0.4 is 14.8 Å². The van der Waals surface area contributed by atoms with E-state index in [1.54, 1.807) is 38.5 Å². The molecule has 6 heteroatoms. The third-order valence-electron chi connectivity index (χ3n) is 7.78. The van der Waals surface area contributed by atoms with Gasteiger partial charge in [0.25, 0.3) is 0 Å². The summed E-state index contributed by atoms with van der Waals surface area (Å²) in [5.41, 5.74) is 4.36. The number of anilines is 1. The molecule has 1 atom stereocenters. The molecule has 0 fully saturated rings. The quantitative estimate of drug-likeness (QED) is 0.246. The summed E-state index contributed by atoms with van der Waals surface area (Å²) in [6.07, 6.45) is 2.52. The van der Waals surface area contributed by atoms with Crippen molar-refractivity contribution in [3.8, 4) is 17.2 Å². The van der Waals surface area contributed by atoms with Gasteiger partial charge in [-0.25, -0.2) is 0 Å². The molecule has 2 N–H and O–H groups in total. The minimum atomic E-state index is -0.733. The molecule has 3 rings (SSSR count). The standard InChI is InChI=1S/C33H44N2O4/c1-23(2)33(27-10-16-31(39-7)25(4)22-27,32(37)34-28-11-13-29(36)14-12-28)18-8-19-35(5)20-17-26-9-15-30(38-6)24(3)21-26/h9-16,21-23,36H,8,17-20H2,1-7H3,(H,34,37). The summed E-state index contributed by atoms with van der Waals surface area (Å²) in [7, 11) is 5.50. The number of phenolic OH excluding ortho intramolecular Hbond substituents is 1. The minimum absolute atomic E-state index is 0.0379. The minimum Gasteiger partial charge on any atom is -0.508 e. The predicted octanol–water partition coefficient (Wildman–Crippen LogP) is 6.51. The molecule has 39 heavy (non-hydrogen) atoms. The number of phenols is 1. The lowest BCUT2D eigenvalue weighted by Gasteiger charge is -2.38. The maximum atomic E-state index is 14.1. The molecule has 6 nitrogen and oxygen atoms in total. The molecule has 0 bridgehead atoms. The number of likely N-dealkylation sites (N-methyl/N-ethyl adjacent to an activating group) is 1. The highest BCUT2D eigenvalue weighted by atomic mass is 16.5. The molecule has 0 aliphatic carbocycles. The Morgan fingerprint density at radius 1 is 0.923 bits per heavy atom. The van der Waals surface area contributed by atoms with Crippen LogP contribution in [0.15, 0.2) is 60.7 Å². The van der Waals surface area contributed by atoms with Crippen LogP contribution in [0.25, 0.3) is 0 Å². The maximum absolute atomic E-state index is 14.1. The van der Waals surface area contributed by atoms with E-state index in [1.807, 2.05) is 25.1 Å². The molecule has 0 aliphatic rings. The zero-order chi connectivity index (χ0) is 28.6. The Morgan fingerprint density at radius 2 is 1.54 bits per heavy atom. The van der Waals surface area contributed by atoms with E-state index < -0.39 is 5.41 Å². The average molecular weight is 533 g/mol. The van der Waals surface area contributed by atoms with Gasteiger partial charge >= 0.3 is 0 Å². The van der Waals surface area contributed by atoms with Crippen LogP contribution in [0.1, 0.15) is 48.9 Å². The van der Waals surface area contributed by atoms with Crippen molar-refractivity contribution in [2.45, 2.75) is 52.4 Å². The number of benzene rings is 3. The summed E-state index contributed by atoms with van der Waals surface area (Å²) in [5, 5.41) is 12.8. The van der Waals surface area contributed by atoms with Crippen molar-refractivity contribution in [1.82, 2.24) is 4.90 Å². The summed E-state index contributed by atoms with van der Waals surface area (Å²) in [4.78, 5) is 16.4. The lowest BCUT2D eigenvalue weighted by molar-refractivity contribution is -0.123. The van der Waals surface area contributed by atoms with Crippen molar-refractivity contribution in [3.63, 3.8) is 0 Å². The zero-order valence-electron chi connectivity index (χ0n) is 24.5. The van der Waals surface area contributed by atoms with Crippen molar-refractivity contribution < 1.29 is 19.4 Å². The normalized spacial score (nSPS) is 12.8. The lowest BCUT2D eigenvalue weighted by atomic mass is 9.67. The Kier molecular flexibility index (Phi) is 10.4. The second kappa shape index (κ2) is 13.5. The number of hydrogen-bond donors (Lipinski definition) is 2. The van der Waals surface area contributed by atoms with Gasteiger partial charge in [0.2, 0.25) is 5.91 Å². The van der Waals surface area contributed by atoms with Crippen molar-refractivity contribution in [3.05, 3.63) is 82.9 Å². The highest BCUT2D eigenvalue weighted by Crippen LogP contribution is 2.40. The third kappa shape index (κ3) is 7.33. The summed E-state index contributed by atoms with van der Waals surface area (Å²) in [6, 6.07) is 19.1. The Labute approximate surface area is 234 Å². The van der Waals surface area contributed by atoms with E-state index in [2.05, 4.69) is 56.2 Å². The Morgan fingerprint density at radius 3 is 2.10 bits per heavy atom. The number of rotatable bonds is 13. The SMILES string of the molecule is COc1ccc(CCN(C)CCCC(C(=O)Nc2ccc(O)cc2)(c2ccc(OC)c(C)c2)C(C)C)cc1C.